The van der Waals surface area contributed by atoms with Crippen molar-refractivity contribution < 1.29 is 9.15 Å². The smallest absolute Gasteiger partial charge is 0.105 e. The normalized spacial score (nSPS) is 13.2. The molecular weight excluding hydrogens is 226 g/mol. The quantitative estimate of drug-likeness (QED) is 0.716. The zero-order valence-corrected chi connectivity index (χ0v) is 12.4. The zero-order valence-electron chi connectivity index (χ0n) is 12.4. The summed E-state index contributed by atoms with van der Waals surface area (Å²) in [7, 11) is 0. The minimum Gasteiger partial charge on any atom is -0.466 e. The van der Waals surface area contributed by atoms with E-state index >= 15 is 0 Å². The van der Waals surface area contributed by atoms with E-state index in [-0.39, 0.29) is 0 Å². The van der Waals surface area contributed by atoms with Gasteiger partial charge in [0.1, 0.15) is 11.5 Å². The summed E-state index contributed by atoms with van der Waals surface area (Å²) in [5.74, 6) is 2.01. The van der Waals surface area contributed by atoms with E-state index in [1.54, 1.807) is 0 Å². The van der Waals surface area contributed by atoms with Crippen molar-refractivity contribution >= 4 is 0 Å². The first kappa shape index (κ1) is 15.3. The summed E-state index contributed by atoms with van der Waals surface area (Å²) < 4.78 is 11.1. The van der Waals surface area contributed by atoms with Crippen LogP contribution in [0.1, 0.15) is 56.7 Å². The van der Waals surface area contributed by atoms with Gasteiger partial charge >= 0.3 is 0 Å². The lowest BCUT2D eigenvalue weighted by Crippen LogP contribution is -2.20. The number of unbranched alkanes of at least 4 members (excludes halogenated alkanes) is 1. The van der Waals surface area contributed by atoms with Crippen LogP contribution >= 0.6 is 0 Å². The van der Waals surface area contributed by atoms with Gasteiger partial charge in [-0.2, -0.15) is 0 Å². The monoisotopic (exact) mass is 253 g/mol. The van der Waals surface area contributed by atoms with Gasteiger partial charge in [-0.25, -0.2) is 0 Å². The number of ether oxygens (including phenoxy) is 1. The van der Waals surface area contributed by atoms with Crippen LogP contribution in [0.5, 0.6) is 0 Å². The number of furan rings is 1. The van der Waals surface area contributed by atoms with E-state index in [0.717, 1.165) is 37.5 Å². The molecule has 1 N–H and O–H groups in total. The molecule has 1 aromatic heterocycles. The number of hydrogen-bond donors (Lipinski definition) is 1. The largest absolute Gasteiger partial charge is 0.466 e. The van der Waals surface area contributed by atoms with Crippen molar-refractivity contribution in [3.63, 3.8) is 0 Å². The maximum absolute atomic E-state index is 5.55. The molecular formula is C15H27NO2. The molecule has 18 heavy (non-hydrogen) atoms. The molecule has 1 rings (SSSR count). The second-order valence-corrected chi connectivity index (χ2v) is 5.17. The average molecular weight is 253 g/mol. The van der Waals surface area contributed by atoms with E-state index in [0.29, 0.717) is 12.1 Å². The molecule has 1 aromatic rings. The Morgan fingerprint density at radius 2 is 1.94 bits per heavy atom. The van der Waals surface area contributed by atoms with Gasteiger partial charge in [-0.15, -0.1) is 0 Å². The van der Waals surface area contributed by atoms with Gasteiger partial charge in [0, 0.05) is 18.2 Å². The summed E-state index contributed by atoms with van der Waals surface area (Å²) in [5.41, 5.74) is 1.27. The molecule has 3 nitrogen and oxygen atoms in total. The first-order valence-electron chi connectivity index (χ1n) is 6.92. The fraction of sp³-hybridized carbons (Fsp3) is 0.733. The van der Waals surface area contributed by atoms with Crippen molar-refractivity contribution in [1.29, 1.82) is 0 Å². The number of rotatable bonds is 8. The summed E-state index contributed by atoms with van der Waals surface area (Å²) in [6.07, 6.45) is 2.60. The second kappa shape index (κ2) is 7.59. The van der Waals surface area contributed by atoms with Crippen LogP contribution in [-0.2, 0) is 4.74 Å². The molecule has 0 amide bonds. The summed E-state index contributed by atoms with van der Waals surface area (Å²) in [4.78, 5) is 0. The molecule has 0 saturated carbocycles. The molecule has 1 atom stereocenters. The lowest BCUT2D eigenvalue weighted by Gasteiger charge is -2.13. The molecule has 0 radical (unpaired) electrons. The van der Waals surface area contributed by atoms with Crippen LogP contribution < -0.4 is 5.32 Å². The fourth-order valence-electron chi connectivity index (χ4n) is 2.06. The SMILES string of the molecule is Cc1cc(C(C)NCCCCOC(C)C)c(C)o1. The maximum atomic E-state index is 5.55. The van der Waals surface area contributed by atoms with Gasteiger partial charge in [0.15, 0.2) is 0 Å². The maximum Gasteiger partial charge on any atom is 0.105 e. The van der Waals surface area contributed by atoms with Crippen LogP contribution in [0.3, 0.4) is 0 Å². The average Bonchev–Trinajstić information content (AvgIpc) is 2.62. The van der Waals surface area contributed by atoms with Gasteiger partial charge in [-0.1, -0.05) is 0 Å². The van der Waals surface area contributed by atoms with E-state index in [4.69, 9.17) is 9.15 Å². The highest BCUT2D eigenvalue weighted by Gasteiger charge is 2.11. The topological polar surface area (TPSA) is 34.4 Å². The first-order chi connectivity index (χ1) is 8.50. The predicted octanol–water partition coefficient (Wildman–Crippen LogP) is 3.75. The predicted molar refractivity (Wildman–Crippen MR) is 74.9 cm³/mol. The van der Waals surface area contributed by atoms with Gasteiger partial charge in [0.05, 0.1) is 6.10 Å². The lowest BCUT2D eigenvalue weighted by atomic mass is 10.1. The zero-order chi connectivity index (χ0) is 13.5. The molecule has 104 valence electrons. The van der Waals surface area contributed by atoms with E-state index in [1.807, 2.05) is 13.8 Å². The Bertz CT molecular complexity index is 344. The second-order valence-electron chi connectivity index (χ2n) is 5.17. The van der Waals surface area contributed by atoms with Gasteiger partial charge in [0.25, 0.3) is 0 Å². The minimum absolute atomic E-state index is 0.341. The minimum atomic E-state index is 0.341. The third-order valence-corrected chi connectivity index (χ3v) is 3.02. The molecule has 3 heteroatoms. The standard InChI is InChI=1S/C15H27NO2/c1-11(2)17-9-7-6-8-16-13(4)15-10-12(3)18-14(15)5/h10-11,13,16H,6-9H2,1-5H3. The van der Waals surface area contributed by atoms with Crippen LogP contribution in [0.15, 0.2) is 10.5 Å². The van der Waals surface area contributed by atoms with Crippen molar-refractivity contribution in [1.82, 2.24) is 5.32 Å². The van der Waals surface area contributed by atoms with Crippen molar-refractivity contribution in [2.75, 3.05) is 13.2 Å². The van der Waals surface area contributed by atoms with Crippen LogP contribution in [0.25, 0.3) is 0 Å². The highest BCUT2D eigenvalue weighted by atomic mass is 16.5. The highest BCUT2D eigenvalue weighted by Crippen LogP contribution is 2.20. The third kappa shape index (κ3) is 5.23. The van der Waals surface area contributed by atoms with Gasteiger partial charge < -0.3 is 14.5 Å². The van der Waals surface area contributed by atoms with Crippen LogP contribution in [0.4, 0.5) is 0 Å². The number of aryl methyl sites for hydroxylation is 2. The molecule has 0 bridgehead atoms. The van der Waals surface area contributed by atoms with Gasteiger partial charge in [-0.3, -0.25) is 0 Å². The third-order valence-electron chi connectivity index (χ3n) is 3.02. The fourth-order valence-corrected chi connectivity index (χ4v) is 2.06. The Balaban J connectivity index is 2.17. The molecule has 0 saturated heterocycles. The van der Waals surface area contributed by atoms with E-state index in [2.05, 4.69) is 32.2 Å². The Hall–Kier alpha value is -0.800. The Kier molecular flexibility index (Phi) is 6.44. The van der Waals surface area contributed by atoms with Gasteiger partial charge in [0.2, 0.25) is 0 Å². The number of hydrogen-bond acceptors (Lipinski definition) is 3. The summed E-state index contributed by atoms with van der Waals surface area (Å²) in [5, 5.41) is 3.53. The van der Waals surface area contributed by atoms with E-state index in [9.17, 15) is 0 Å². The Morgan fingerprint density at radius 1 is 1.22 bits per heavy atom. The van der Waals surface area contributed by atoms with E-state index in [1.165, 1.54) is 5.56 Å². The van der Waals surface area contributed by atoms with Gasteiger partial charge in [-0.05, 0) is 60.1 Å². The molecule has 0 aliphatic carbocycles. The summed E-state index contributed by atoms with van der Waals surface area (Å²) in [6.45, 7) is 12.2. The lowest BCUT2D eigenvalue weighted by molar-refractivity contribution is 0.0759. The molecule has 1 unspecified atom stereocenters. The Labute approximate surface area is 111 Å². The van der Waals surface area contributed by atoms with Crippen LogP contribution in [0, 0.1) is 13.8 Å². The Morgan fingerprint density at radius 3 is 2.50 bits per heavy atom. The number of nitrogens with one attached hydrogen (secondary N) is 1. The molecule has 0 fully saturated rings. The van der Waals surface area contributed by atoms with Crippen molar-refractivity contribution in [2.45, 2.75) is 59.6 Å². The first-order valence-corrected chi connectivity index (χ1v) is 6.92. The molecule has 1 heterocycles. The molecule has 0 aliphatic rings. The molecule has 0 spiro atoms. The highest BCUT2D eigenvalue weighted by molar-refractivity contribution is 5.23. The summed E-state index contributed by atoms with van der Waals surface area (Å²) in [6, 6.07) is 2.47. The molecule has 0 aliphatic heterocycles. The molecule has 0 aromatic carbocycles. The van der Waals surface area contributed by atoms with Crippen LogP contribution in [-0.4, -0.2) is 19.3 Å². The summed E-state index contributed by atoms with van der Waals surface area (Å²) >= 11 is 0. The van der Waals surface area contributed by atoms with Crippen molar-refractivity contribution in [2.24, 2.45) is 0 Å². The van der Waals surface area contributed by atoms with Crippen molar-refractivity contribution in [3.05, 3.63) is 23.2 Å². The van der Waals surface area contributed by atoms with E-state index < -0.39 is 0 Å². The van der Waals surface area contributed by atoms with Crippen molar-refractivity contribution in [3.8, 4) is 0 Å². The van der Waals surface area contributed by atoms with Crippen LogP contribution in [0.2, 0.25) is 0 Å².